The molecule has 3 N–H and O–H groups in total. The van der Waals surface area contributed by atoms with Crippen molar-refractivity contribution in [3.05, 3.63) is 59.7 Å². The Bertz CT molecular complexity index is 1010. The van der Waals surface area contributed by atoms with Crippen LogP contribution in [0.2, 0.25) is 0 Å². The van der Waals surface area contributed by atoms with Crippen LogP contribution in [0, 0.1) is 0 Å². The molecule has 3 atom stereocenters. The molecule has 3 rings (SSSR count). The number of amides is 2. The van der Waals surface area contributed by atoms with Crippen LogP contribution in [0.15, 0.2) is 48.5 Å². The Hall–Kier alpha value is -3.39. The fraction of sp³-hybridized carbons (Fsp3) is 0.423. The molecular weight excluding hydrogens is 436 g/mol. The first-order valence-electron chi connectivity index (χ1n) is 11.4. The van der Waals surface area contributed by atoms with Gasteiger partial charge >= 0.3 is 12.1 Å². The molecule has 1 aliphatic carbocycles. The average Bonchev–Trinajstić information content (AvgIpc) is 3.14. The first-order valence-corrected chi connectivity index (χ1v) is 11.4. The van der Waals surface area contributed by atoms with E-state index in [4.69, 9.17) is 9.47 Å². The maximum absolute atomic E-state index is 12.9. The van der Waals surface area contributed by atoms with Gasteiger partial charge in [-0.05, 0) is 42.5 Å². The SMILES string of the molecule is CCCC(C)(NC(=O)C(NC(=O)OCC1c2ccccc2-c2ccccc21)C(C)OC)C(=O)O. The number of rotatable bonds is 10. The summed E-state index contributed by atoms with van der Waals surface area (Å²) in [5.41, 5.74) is 2.92. The highest BCUT2D eigenvalue weighted by molar-refractivity contribution is 5.91. The summed E-state index contributed by atoms with van der Waals surface area (Å²) in [5.74, 6) is -1.92. The van der Waals surface area contributed by atoms with E-state index in [0.717, 1.165) is 22.3 Å². The van der Waals surface area contributed by atoms with Crippen molar-refractivity contribution in [1.29, 1.82) is 0 Å². The molecule has 0 heterocycles. The molecule has 8 heteroatoms. The van der Waals surface area contributed by atoms with Crippen LogP contribution < -0.4 is 10.6 Å². The number of hydrogen-bond donors (Lipinski definition) is 3. The smallest absolute Gasteiger partial charge is 0.407 e. The van der Waals surface area contributed by atoms with Gasteiger partial charge < -0.3 is 25.2 Å². The molecule has 2 aromatic rings. The lowest BCUT2D eigenvalue weighted by atomic mass is 9.95. The number of aliphatic carboxylic acids is 1. The molecule has 0 fully saturated rings. The molecule has 182 valence electrons. The fourth-order valence-corrected chi connectivity index (χ4v) is 4.37. The van der Waals surface area contributed by atoms with Crippen molar-refractivity contribution >= 4 is 18.0 Å². The molecule has 2 amide bonds. The van der Waals surface area contributed by atoms with Crippen LogP contribution in [0.4, 0.5) is 4.79 Å². The number of alkyl carbamates (subject to hydrolysis) is 1. The summed E-state index contributed by atoms with van der Waals surface area (Å²) >= 11 is 0. The highest BCUT2D eigenvalue weighted by Crippen LogP contribution is 2.44. The molecule has 1 aliphatic rings. The average molecular weight is 469 g/mol. The Balaban J connectivity index is 1.70. The second-order valence-electron chi connectivity index (χ2n) is 8.76. The number of ether oxygens (including phenoxy) is 2. The van der Waals surface area contributed by atoms with Gasteiger partial charge in [0, 0.05) is 13.0 Å². The lowest BCUT2D eigenvalue weighted by Crippen LogP contribution is -2.60. The lowest BCUT2D eigenvalue weighted by Gasteiger charge is -2.30. The Kier molecular flexibility index (Phi) is 7.94. The van der Waals surface area contributed by atoms with E-state index in [2.05, 4.69) is 10.6 Å². The van der Waals surface area contributed by atoms with Crippen molar-refractivity contribution < 1.29 is 29.0 Å². The predicted octanol–water partition coefficient (Wildman–Crippen LogP) is 3.69. The molecule has 0 aliphatic heterocycles. The number of carbonyl (C=O) groups excluding carboxylic acids is 2. The standard InChI is InChI=1S/C26H32N2O6/c1-5-14-26(3,24(30)31)28-23(29)22(16(2)33-4)27-25(32)34-15-21-19-12-8-6-10-17(19)18-11-7-9-13-20(18)21/h6-13,16,21-22H,5,14-15H2,1-4H3,(H,27,32)(H,28,29)(H,30,31). The molecule has 0 saturated heterocycles. The summed E-state index contributed by atoms with van der Waals surface area (Å²) in [6.07, 6.45) is -0.681. The quantitative estimate of drug-likeness (QED) is 0.490. The van der Waals surface area contributed by atoms with E-state index in [9.17, 15) is 19.5 Å². The van der Waals surface area contributed by atoms with Crippen LogP contribution in [0.1, 0.15) is 50.7 Å². The summed E-state index contributed by atoms with van der Waals surface area (Å²) in [4.78, 5) is 37.4. The zero-order valence-corrected chi connectivity index (χ0v) is 20.0. The van der Waals surface area contributed by atoms with E-state index in [1.807, 2.05) is 55.5 Å². The predicted molar refractivity (Wildman–Crippen MR) is 128 cm³/mol. The van der Waals surface area contributed by atoms with Gasteiger partial charge in [0.2, 0.25) is 5.91 Å². The second kappa shape index (κ2) is 10.7. The number of methoxy groups -OCH3 is 1. The van der Waals surface area contributed by atoms with E-state index >= 15 is 0 Å². The Morgan fingerprint density at radius 1 is 1.06 bits per heavy atom. The third-order valence-electron chi connectivity index (χ3n) is 6.36. The largest absolute Gasteiger partial charge is 0.480 e. The third-order valence-corrected chi connectivity index (χ3v) is 6.36. The fourth-order valence-electron chi connectivity index (χ4n) is 4.37. The lowest BCUT2D eigenvalue weighted by molar-refractivity contribution is -0.148. The molecule has 0 radical (unpaired) electrons. The minimum atomic E-state index is -1.46. The van der Waals surface area contributed by atoms with Crippen LogP contribution in [0.3, 0.4) is 0 Å². The normalized spacial score (nSPS) is 15.9. The number of nitrogens with one attached hydrogen (secondary N) is 2. The Morgan fingerprint density at radius 2 is 1.62 bits per heavy atom. The zero-order chi connectivity index (χ0) is 24.9. The maximum atomic E-state index is 12.9. The number of fused-ring (bicyclic) bond motifs is 3. The van der Waals surface area contributed by atoms with Gasteiger partial charge in [-0.1, -0.05) is 61.9 Å². The van der Waals surface area contributed by atoms with E-state index in [1.54, 1.807) is 6.92 Å². The molecule has 0 saturated carbocycles. The first kappa shape index (κ1) is 25.2. The highest BCUT2D eigenvalue weighted by atomic mass is 16.5. The number of carboxylic acid groups (broad SMARTS) is 1. The van der Waals surface area contributed by atoms with Crippen molar-refractivity contribution in [3.8, 4) is 11.1 Å². The minimum absolute atomic E-state index is 0.0955. The number of hydrogen-bond acceptors (Lipinski definition) is 5. The number of carbonyl (C=O) groups is 3. The molecule has 34 heavy (non-hydrogen) atoms. The monoisotopic (exact) mass is 468 g/mol. The minimum Gasteiger partial charge on any atom is -0.480 e. The summed E-state index contributed by atoms with van der Waals surface area (Å²) in [6, 6.07) is 14.9. The summed E-state index contributed by atoms with van der Waals surface area (Å²) in [6.45, 7) is 4.99. The second-order valence-corrected chi connectivity index (χ2v) is 8.76. The van der Waals surface area contributed by atoms with Gasteiger partial charge in [-0.25, -0.2) is 9.59 Å². The van der Waals surface area contributed by atoms with Gasteiger partial charge in [-0.3, -0.25) is 4.79 Å². The molecule has 0 aromatic heterocycles. The molecule has 0 spiro atoms. The van der Waals surface area contributed by atoms with Gasteiger partial charge in [0.1, 0.15) is 18.2 Å². The summed E-state index contributed by atoms with van der Waals surface area (Å²) < 4.78 is 10.8. The van der Waals surface area contributed by atoms with E-state index in [0.29, 0.717) is 6.42 Å². The van der Waals surface area contributed by atoms with E-state index < -0.39 is 35.7 Å². The Morgan fingerprint density at radius 3 is 2.12 bits per heavy atom. The van der Waals surface area contributed by atoms with Gasteiger partial charge in [0.15, 0.2) is 0 Å². The van der Waals surface area contributed by atoms with Crippen molar-refractivity contribution in [2.24, 2.45) is 0 Å². The van der Waals surface area contributed by atoms with Gasteiger partial charge in [0.25, 0.3) is 0 Å². The summed E-state index contributed by atoms with van der Waals surface area (Å²) in [7, 11) is 1.41. The molecule has 8 nitrogen and oxygen atoms in total. The molecule has 2 aromatic carbocycles. The van der Waals surface area contributed by atoms with Crippen LogP contribution in [-0.4, -0.2) is 54.5 Å². The van der Waals surface area contributed by atoms with Crippen molar-refractivity contribution in [2.75, 3.05) is 13.7 Å². The van der Waals surface area contributed by atoms with Crippen LogP contribution in [-0.2, 0) is 19.1 Å². The van der Waals surface area contributed by atoms with Gasteiger partial charge in [0.05, 0.1) is 6.10 Å². The van der Waals surface area contributed by atoms with Crippen LogP contribution >= 0.6 is 0 Å². The van der Waals surface area contributed by atoms with Crippen LogP contribution in [0.25, 0.3) is 11.1 Å². The molecule has 0 bridgehead atoms. The third kappa shape index (κ3) is 5.22. The highest BCUT2D eigenvalue weighted by Gasteiger charge is 2.38. The maximum Gasteiger partial charge on any atom is 0.407 e. The zero-order valence-electron chi connectivity index (χ0n) is 20.0. The molecule has 3 unspecified atom stereocenters. The van der Waals surface area contributed by atoms with Crippen molar-refractivity contribution in [2.45, 2.75) is 57.2 Å². The van der Waals surface area contributed by atoms with E-state index in [1.165, 1.54) is 14.0 Å². The Labute approximate surface area is 199 Å². The number of carboxylic acids is 1. The topological polar surface area (TPSA) is 114 Å². The van der Waals surface area contributed by atoms with Crippen molar-refractivity contribution in [1.82, 2.24) is 10.6 Å². The van der Waals surface area contributed by atoms with Crippen LogP contribution in [0.5, 0.6) is 0 Å². The molecular formula is C26H32N2O6. The van der Waals surface area contributed by atoms with Gasteiger partial charge in [-0.2, -0.15) is 0 Å². The van der Waals surface area contributed by atoms with Crippen molar-refractivity contribution in [3.63, 3.8) is 0 Å². The first-order chi connectivity index (χ1) is 16.2. The number of benzene rings is 2. The summed E-state index contributed by atoms with van der Waals surface area (Å²) in [5, 5.41) is 14.7. The van der Waals surface area contributed by atoms with Gasteiger partial charge in [-0.15, -0.1) is 0 Å². The van der Waals surface area contributed by atoms with E-state index in [-0.39, 0.29) is 18.9 Å².